The number of benzene rings is 1. The first kappa shape index (κ1) is 11.9. The van der Waals surface area contributed by atoms with Gasteiger partial charge in [-0.15, -0.1) is 0 Å². The molecule has 3 rings (SSSR count). The molecule has 0 saturated carbocycles. The van der Waals surface area contributed by atoms with Crippen LogP contribution in [0.15, 0.2) is 30.3 Å². The molecule has 1 fully saturated rings. The van der Waals surface area contributed by atoms with Crippen molar-refractivity contribution < 1.29 is 4.58 Å². The van der Waals surface area contributed by atoms with Crippen LogP contribution in [-0.2, 0) is 6.54 Å². The van der Waals surface area contributed by atoms with Gasteiger partial charge in [0.05, 0.1) is 0 Å². The van der Waals surface area contributed by atoms with E-state index in [0.717, 1.165) is 6.54 Å². The van der Waals surface area contributed by atoms with Crippen molar-refractivity contribution in [3.63, 3.8) is 0 Å². The van der Waals surface area contributed by atoms with Crippen LogP contribution in [-0.4, -0.2) is 34.9 Å². The predicted octanol–water partition coefficient (Wildman–Crippen LogP) is 2.88. The van der Waals surface area contributed by atoms with E-state index in [0.29, 0.717) is 6.17 Å². The molecule has 0 aliphatic carbocycles. The maximum atomic E-state index is 2.67. The number of rotatable bonds is 2. The van der Waals surface area contributed by atoms with Crippen molar-refractivity contribution in [1.29, 1.82) is 0 Å². The smallest absolute Gasteiger partial charge is 0.209 e. The predicted molar refractivity (Wildman–Crippen MR) is 74.9 cm³/mol. The summed E-state index contributed by atoms with van der Waals surface area (Å²) in [6, 6.07) is 10.9. The van der Waals surface area contributed by atoms with Gasteiger partial charge in [-0.1, -0.05) is 30.3 Å². The second-order valence-corrected chi connectivity index (χ2v) is 5.50. The zero-order chi connectivity index (χ0) is 12.2. The van der Waals surface area contributed by atoms with E-state index in [4.69, 9.17) is 0 Å². The number of hydrogen-bond donors (Lipinski definition) is 0. The van der Waals surface area contributed by atoms with Crippen LogP contribution in [0.3, 0.4) is 0 Å². The highest BCUT2D eigenvalue weighted by atomic mass is 15.3. The topological polar surface area (TPSA) is 6.25 Å². The molecule has 0 amide bonds. The van der Waals surface area contributed by atoms with Gasteiger partial charge in [0.25, 0.3) is 0 Å². The van der Waals surface area contributed by atoms with Crippen molar-refractivity contribution in [2.45, 2.75) is 44.8 Å². The van der Waals surface area contributed by atoms with Gasteiger partial charge in [0.15, 0.2) is 0 Å². The fraction of sp³-hybridized carbons (Fsp3) is 0.562. The minimum atomic E-state index is 0.654. The molecule has 0 bridgehead atoms. The van der Waals surface area contributed by atoms with Crippen molar-refractivity contribution in [3.8, 4) is 0 Å². The maximum Gasteiger partial charge on any atom is 0.209 e. The standard InChI is InChI=1S/C16H23N2/c1-3-8-15(9-4-1)14-18-13-7-12-17-11-6-2-5-10-16(17)18/h1,3-4,8-9,11,16H,2,5-7,10,12-14H2/q+1. The maximum absolute atomic E-state index is 2.67. The summed E-state index contributed by atoms with van der Waals surface area (Å²) in [6.07, 6.45) is 9.77. The lowest BCUT2D eigenvalue weighted by molar-refractivity contribution is -0.601. The van der Waals surface area contributed by atoms with Crippen molar-refractivity contribution in [2.24, 2.45) is 0 Å². The molecule has 1 aromatic rings. The van der Waals surface area contributed by atoms with Gasteiger partial charge in [-0.3, -0.25) is 0 Å². The van der Waals surface area contributed by atoms with Crippen LogP contribution in [0.1, 0.15) is 37.7 Å². The van der Waals surface area contributed by atoms with Gasteiger partial charge in [-0.25, -0.2) is 9.48 Å². The molecule has 18 heavy (non-hydrogen) atoms. The third kappa shape index (κ3) is 2.64. The first-order valence-electron chi connectivity index (χ1n) is 7.30. The monoisotopic (exact) mass is 243 g/mol. The van der Waals surface area contributed by atoms with Crippen LogP contribution in [0.4, 0.5) is 0 Å². The number of nitrogens with zero attached hydrogens (tertiary/aromatic N) is 2. The molecule has 1 unspecified atom stereocenters. The van der Waals surface area contributed by atoms with Crippen molar-refractivity contribution in [1.82, 2.24) is 4.90 Å². The van der Waals surface area contributed by atoms with E-state index >= 15 is 0 Å². The SMILES string of the molecule is C1=[N+]2CCCN(Cc3ccccc3)C2CCCC1. The van der Waals surface area contributed by atoms with Crippen LogP contribution in [0.2, 0.25) is 0 Å². The highest BCUT2D eigenvalue weighted by Crippen LogP contribution is 2.21. The van der Waals surface area contributed by atoms with Crippen LogP contribution in [0.25, 0.3) is 0 Å². The number of hydrogen-bond acceptors (Lipinski definition) is 1. The van der Waals surface area contributed by atoms with Crippen molar-refractivity contribution in [2.75, 3.05) is 13.1 Å². The molecule has 0 aromatic heterocycles. The molecule has 1 atom stereocenters. The molecule has 2 heteroatoms. The fourth-order valence-corrected chi connectivity index (χ4v) is 3.26. The van der Waals surface area contributed by atoms with Gasteiger partial charge in [0, 0.05) is 32.4 Å². The molecular formula is C16H23N2+. The average Bonchev–Trinajstić information content (AvgIpc) is 2.66. The van der Waals surface area contributed by atoms with Crippen LogP contribution in [0, 0.1) is 0 Å². The third-order valence-electron chi connectivity index (χ3n) is 4.17. The summed E-state index contributed by atoms with van der Waals surface area (Å²) < 4.78 is 2.60. The minimum Gasteiger partial charge on any atom is -0.241 e. The molecule has 2 nitrogen and oxygen atoms in total. The zero-order valence-corrected chi connectivity index (χ0v) is 11.1. The first-order chi connectivity index (χ1) is 8.93. The van der Waals surface area contributed by atoms with Gasteiger partial charge in [-0.05, 0) is 18.4 Å². The Morgan fingerprint density at radius 2 is 2.00 bits per heavy atom. The van der Waals surface area contributed by atoms with E-state index < -0.39 is 0 Å². The summed E-state index contributed by atoms with van der Waals surface area (Å²) in [6.45, 7) is 3.62. The Morgan fingerprint density at radius 3 is 2.89 bits per heavy atom. The Morgan fingerprint density at radius 1 is 1.11 bits per heavy atom. The normalized spacial score (nSPS) is 25.1. The lowest BCUT2D eigenvalue weighted by Gasteiger charge is -2.32. The first-order valence-corrected chi connectivity index (χ1v) is 7.30. The quantitative estimate of drug-likeness (QED) is 0.724. The van der Waals surface area contributed by atoms with Gasteiger partial charge in [0.1, 0.15) is 12.8 Å². The minimum absolute atomic E-state index is 0.654. The van der Waals surface area contributed by atoms with Crippen LogP contribution < -0.4 is 0 Å². The lowest BCUT2D eigenvalue weighted by Crippen LogP contribution is -2.48. The second-order valence-electron chi connectivity index (χ2n) is 5.50. The van der Waals surface area contributed by atoms with Crippen LogP contribution >= 0.6 is 0 Å². The van der Waals surface area contributed by atoms with E-state index in [1.54, 1.807) is 0 Å². The highest BCUT2D eigenvalue weighted by Gasteiger charge is 2.32. The van der Waals surface area contributed by atoms with Crippen molar-refractivity contribution in [3.05, 3.63) is 35.9 Å². The summed E-state index contributed by atoms with van der Waals surface area (Å²) >= 11 is 0. The number of fused-ring (bicyclic) bond motifs is 1. The Bertz CT molecular complexity index is 410. The Kier molecular flexibility index (Phi) is 3.75. The van der Waals surface area contributed by atoms with Gasteiger partial charge >= 0.3 is 0 Å². The Balaban J connectivity index is 1.74. The molecule has 0 N–H and O–H groups in total. The molecule has 2 aliphatic heterocycles. The van der Waals surface area contributed by atoms with Crippen LogP contribution in [0.5, 0.6) is 0 Å². The summed E-state index contributed by atoms with van der Waals surface area (Å²) in [5, 5.41) is 0. The molecule has 2 heterocycles. The fourth-order valence-electron chi connectivity index (χ4n) is 3.26. The molecule has 1 aromatic carbocycles. The van der Waals surface area contributed by atoms with Gasteiger partial charge < -0.3 is 0 Å². The van der Waals surface area contributed by atoms with E-state index in [-0.39, 0.29) is 0 Å². The summed E-state index contributed by atoms with van der Waals surface area (Å²) in [5.74, 6) is 0. The Labute approximate surface area is 110 Å². The molecule has 96 valence electrons. The summed E-state index contributed by atoms with van der Waals surface area (Å²) in [5.41, 5.74) is 1.45. The lowest BCUT2D eigenvalue weighted by atomic mass is 10.1. The van der Waals surface area contributed by atoms with E-state index in [1.807, 2.05) is 0 Å². The van der Waals surface area contributed by atoms with E-state index in [2.05, 4.69) is 46.0 Å². The molecule has 0 spiro atoms. The molecule has 0 radical (unpaired) electrons. The van der Waals surface area contributed by atoms with E-state index in [9.17, 15) is 0 Å². The zero-order valence-electron chi connectivity index (χ0n) is 11.1. The highest BCUT2D eigenvalue weighted by molar-refractivity contribution is 5.51. The molecular weight excluding hydrogens is 220 g/mol. The molecule has 1 saturated heterocycles. The van der Waals surface area contributed by atoms with E-state index in [1.165, 1.54) is 50.8 Å². The summed E-state index contributed by atoms with van der Waals surface area (Å²) in [4.78, 5) is 2.67. The largest absolute Gasteiger partial charge is 0.241 e. The average molecular weight is 243 g/mol. The Hall–Kier alpha value is -1.15. The van der Waals surface area contributed by atoms with Gasteiger partial charge in [-0.2, -0.15) is 0 Å². The molecule has 2 aliphatic rings. The van der Waals surface area contributed by atoms with Crippen molar-refractivity contribution >= 4 is 6.21 Å². The van der Waals surface area contributed by atoms with Gasteiger partial charge in [0.2, 0.25) is 6.17 Å². The summed E-state index contributed by atoms with van der Waals surface area (Å²) in [7, 11) is 0. The second kappa shape index (κ2) is 5.66. The third-order valence-corrected chi connectivity index (χ3v) is 4.17.